The molecule has 4 aromatic rings. The van der Waals surface area contributed by atoms with E-state index in [1.807, 2.05) is 42.5 Å². The molecule has 1 saturated heterocycles. The maximum atomic E-state index is 13.5. The van der Waals surface area contributed by atoms with E-state index in [1.165, 1.54) is 10.1 Å². The lowest BCUT2D eigenvalue weighted by atomic mass is 10.0. The van der Waals surface area contributed by atoms with Crippen molar-refractivity contribution < 1.29 is 9.59 Å². The van der Waals surface area contributed by atoms with Gasteiger partial charge in [-0.1, -0.05) is 61.5 Å². The summed E-state index contributed by atoms with van der Waals surface area (Å²) in [7, 11) is 0. The van der Waals surface area contributed by atoms with Crippen LogP contribution in [0.15, 0.2) is 88.5 Å². The number of likely N-dealkylation sites (tertiary alicyclic amines) is 1. The van der Waals surface area contributed by atoms with E-state index in [0.717, 1.165) is 49.0 Å². The van der Waals surface area contributed by atoms with E-state index < -0.39 is 11.2 Å². The van der Waals surface area contributed by atoms with Gasteiger partial charge in [-0.15, -0.1) is 0 Å². The molecule has 0 aliphatic carbocycles. The minimum absolute atomic E-state index is 0.0795. The Morgan fingerprint density at radius 3 is 2.23 bits per heavy atom. The molecule has 1 aromatic heterocycles. The number of fused-ring (bicyclic) bond motifs is 1. The van der Waals surface area contributed by atoms with Gasteiger partial charge in [-0.2, -0.15) is 0 Å². The highest BCUT2D eigenvalue weighted by Crippen LogP contribution is 2.15. The fourth-order valence-corrected chi connectivity index (χ4v) is 5.66. The van der Waals surface area contributed by atoms with Gasteiger partial charge in [0.15, 0.2) is 0 Å². The normalized spacial score (nSPS) is 14.1. The van der Waals surface area contributed by atoms with Gasteiger partial charge >= 0.3 is 5.69 Å². The van der Waals surface area contributed by atoms with E-state index in [0.29, 0.717) is 23.0 Å². The lowest BCUT2D eigenvalue weighted by molar-refractivity contribution is -0.122. The number of rotatable bonds is 11. The highest BCUT2D eigenvalue weighted by Gasteiger charge is 2.21. The smallest absolute Gasteiger partial charge is 0.331 e. The molecule has 224 valence electrons. The first-order chi connectivity index (χ1) is 20.9. The standard InChI is InChI=1S/C34H39N5O4/c1-2-25-14-16-27(17-15-25)36-32(41)24-39-30-12-7-6-11-29(30)33(42)38(34(39)43)20-8-13-31(40)35-28-18-21-37(22-19-28)23-26-9-4-3-5-10-26/h3-7,9-12,14-17,28H,2,8,13,18-24H2,1H3,(H,35,40)(H,36,41). The van der Waals surface area contributed by atoms with Crippen molar-refractivity contribution in [3.05, 3.63) is 111 Å². The van der Waals surface area contributed by atoms with Gasteiger partial charge in [0.25, 0.3) is 5.56 Å². The monoisotopic (exact) mass is 581 g/mol. The summed E-state index contributed by atoms with van der Waals surface area (Å²) in [6, 6.07) is 24.8. The van der Waals surface area contributed by atoms with Crippen LogP contribution in [0.1, 0.15) is 43.7 Å². The fourth-order valence-electron chi connectivity index (χ4n) is 5.66. The maximum Gasteiger partial charge on any atom is 0.331 e. The number of piperidine rings is 1. The molecule has 0 atom stereocenters. The molecule has 1 fully saturated rings. The average molecular weight is 582 g/mol. The zero-order valence-electron chi connectivity index (χ0n) is 24.6. The molecule has 2 heterocycles. The predicted octanol–water partition coefficient (Wildman–Crippen LogP) is 3.93. The average Bonchev–Trinajstić information content (AvgIpc) is 3.03. The van der Waals surface area contributed by atoms with E-state index in [1.54, 1.807) is 24.3 Å². The molecule has 2 amide bonds. The topological polar surface area (TPSA) is 105 Å². The summed E-state index contributed by atoms with van der Waals surface area (Å²) in [6.45, 7) is 4.66. The van der Waals surface area contributed by atoms with Gasteiger partial charge in [0.2, 0.25) is 11.8 Å². The Kier molecular flexibility index (Phi) is 9.84. The summed E-state index contributed by atoms with van der Waals surface area (Å²) < 4.78 is 2.47. The predicted molar refractivity (Wildman–Crippen MR) is 169 cm³/mol. The summed E-state index contributed by atoms with van der Waals surface area (Å²) in [4.78, 5) is 54.8. The molecular weight excluding hydrogens is 542 g/mol. The van der Waals surface area contributed by atoms with Crippen LogP contribution in [0.2, 0.25) is 0 Å². The summed E-state index contributed by atoms with van der Waals surface area (Å²) in [5, 5.41) is 6.32. The number of amides is 2. The lowest BCUT2D eigenvalue weighted by Gasteiger charge is -2.32. The zero-order valence-corrected chi connectivity index (χ0v) is 24.6. The minimum atomic E-state index is -0.564. The number of aromatic nitrogens is 2. The Morgan fingerprint density at radius 1 is 0.814 bits per heavy atom. The molecule has 1 aliphatic heterocycles. The van der Waals surface area contributed by atoms with Gasteiger partial charge in [0.1, 0.15) is 6.54 Å². The van der Waals surface area contributed by atoms with Crippen LogP contribution < -0.4 is 21.9 Å². The van der Waals surface area contributed by atoms with Crippen LogP contribution in [0.5, 0.6) is 0 Å². The second-order valence-corrected chi connectivity index (χ2v) is 11.1. The molecule has 0 unspecified atom stereocenters. The van der Waals surface area contributed by atoms with Gasteiger partial charge in [-0.25, -0.2) is 4.79 Å². The second kappa shape index (κ2) is 14.1. The van der Waals surface area contributed by atoms with Gasteiger partial charge in [0, 0.05) is 44.3 Å². The van der Waals surface area contributed by atoms with Crippen molar-refractivity contribution in [1.82, 2.24) is 19.4 Å². The molecule has 9 heteroatoms. The number of carbonyl (C=O) groups is 2. The Morgan fingerprint density at radius 2 is 1.51 bits per heavy atom. The number of aryl methyl sites for hydroxylation is 1. The SMILES string of the molecule is CCc1ccc(NC(=O)Cn2c(=O)n(CCCC(=O)NC3CCN(Cc4ccccc4)CC3)c(=O)c3ccccc32)cc1. The van der Waals surface area contributed by atoms with Gasteiger partial charge < -0.3 is 10.6 Å². The molecule has 0 bridgehead atoms. The van der Waals surface area contributed by atoms with Crippen LogP contribution in [-0.2, 0) is 35.6 Å². The molecule has 1 aliphatic rings. The van der Waals surface area contributed by atoms with Crippen LogP contribution in [-0.4, -0.2) is 45.0 Å². The largest absolute Gasteiger partial charge is 0.353 e. The molecule has 3 aromatic carbocycles. The van der Waals surface area contributed by atoms with Crippen molar-refractivity contribution in [3.63, 3.8) is 0 Å². The molecular formula is C34H39N5O4. The van der Waals surface area contributed by atoms with E-state index in [4.69, 9.17) is 0 Å². The summed E-state index contributed by atoms with van der Waals surface area (Å²) >= 11 is 0. The Hall–Kier alpha value is -4.50. The molecule has 2 N–H and O–H groups in total. The van der Waals surface area contributed by atoms with E-state index in [-0.39, 0.29) is 37.4 Å². The minimum Gasteiger partial charge on any atom is -0.353 e. The summed E-state index contributed by atoms with van der Waals surface area (Å²) in [5.41, 5.74) is 2.51. The number of benzene rings is 3. The number of nitrogens with zero attached hydrogens (tertiary/aromatic N) is 3. The molecule has 43 heavy (non-hydrogen) atoms. The van der Waals surface area contributed by atoms with Gasteiger partial charge in [0.05, 0.1) is 10.9 Å². The number of hydrogen-bond donors (Lipinski definition) is 2. The summed E-state index contributed by atoms with van der Waals surface area (Å²) in [5.74, 6) is -0.444. The number of hydrogen-bond acceptors (Lipinski definition) is 5. The molecule has 0 saturated carbocycles. The van der Waals surface area contributed by atoms with Crippen molar-refractivity contribution in [1.29, 1.82) is 0 Å². The third-order valence-electron chi connectivity index (χ3n) is 8.07. The van der Waals surface area contributed by atoms with Crippen molar-refractivity contribution in [2.45, 2.75) is 64.7 Å². The quantitative estimate of drug-likeness (QED) is 0.279. The third-order valence-corrected chi connectivity index (χ3v) is 8.07. The number of nitrogens with one attached hydrogen (secondary N) is 2. The van der Waals surface area contributed by atoms with E-state index in [2.05, 4.69) is 34.6 Å². The summed E-state index contributed by atoms with van der Waals surface area (Å²) in [6.07, 6.45) is 3.21. The van der Waals surface area contributed by atoms with Gasteiger partial charge in [-0.05, 0) is 61.1 Å². The lowest BCUT2D eigenvalue weighted by Crippen LogP contribution is -2.44. The first-order valence-corrected chi connectivity index (χ1v) is 15.1. The maximum absolute atomic E-state index is 13.5. The fraction of sp³-hybridized carbons (Fsp3) is 0.353. The third kappa shape index (κ3) is 7.67. The van der Waals surface area contributed by atoms with Crippen LogP contribution in [0.3, 0.4) is 0 Å². The first kappa shape index (κ1) is 30.0. The van der Waals surface area contributed by atoms with Crippen molar-refractivity contribution in [2.24, 2.45) is 0 Å². The van der Waals surface area contributed by atoms with Crippen molar-refractivity contribution >= 4 is 28.4 Å². The molecule has 0 radical (unpaired) electrons. The first-order valence-electron chi connectivity index (χ1n) is 15.1. The highest BCUT2D eigenvalue weighted by molar-refractivity contribution is 5.91. The Bertz CT molecular complexity index is 1670. The van der Waals surface area contributed by atoms with Crippen LogP contribution in [0.4, 0.5) is 5.69 Å². The van der Waals surface area contributed by atoms with Crippen LogP contribution in [0, 0.1) is 0 Å². The highest BCUT2D eigenvalue weighted by atomic mass is 16.2. The van der Waals surface area contributed by atoms with E-state index >= 15 is 0 Å². The van der Waals surface area contributed by atoms with Gasteiger partial charge in [-0.3, -0.25) is 28.4 Å². The van der Waals surface area contributed by atoms with Crippen molar-refractivity contribution in [3.8, 4) is 0 Å². The number of anilines is 1. The van der Waals surface area contributed by atoms with Crippen LogP contribution >= 0.6 is 0 Å². The van der Waals surface area contributed by atoms with Crippen molar-refractivity contribution in [2.75, 3.05) is 18.4 Å². The molecule has 5 rings (SSSR count). The number of para-hydroxylation sites is 1. The second-order valence-electron chi connectivity index (χ2n) is 11.1. The van der Waals surface area contributed by atoms with E-state index in [9.17, 15) is 19.2 Å². The Balaban J connectivity index is 1.18. The number of carbonyl (C=O) groups excluding carboxylic acids is 2. The van der Waals surface area contributed by atoms with Crippen LogP contribution in [0.25, 0.3) is 10.9 Å². The Labute approximate surface area is 251 Å². The molecule has 0 spiro atoms. The zero-order chi connectivity index (χ0) is 30.2. The molecule has 9 nitrogen and oxygen atoms in total.